The normalized spacial score (nSPS) is 19.4. The van der Waals surface area contributed by atoms with E-state index < -0.39 is 5.54 Å². The summed E-state index contributed by atoms with van der Waals surface area (Å²) >= 11 is 0. The molecule has 1 aliphatic carbocycles. The fraction of sp³-hybridized carbons (Fsp3) is 0.625. The van der Waals surface area contributed by atoms with Crippen LogP contribution >= 0.6 is 0 Å². The largest absolute Gasteiger partial charge is 0.496 e. The first-order chi connectivity index (χ1) is 9.09. The van der Waals surface area contributed by atoms with E-state index in [1.807, 2.05) is 12.1 Å². The van der Waals surface area contributed by atoms with Gasteiger partial charge >= 0.3 is 0 Å². The highest BCUT2D eigenvalue weighted by molar-refractivity contribution is 5.42. The monoisotopic (exact) mass is 263 g/mol. The summed E-state index contributed by atoms with van der Waals surface area (Å²) in [6.45, 7) is 4.20. The van der Waals surface area contributed by atoms with E-state index in [1.54, 1.807) is 7.11 Å². The molecule has 0 amide bonds. The molecule has 19 heavy (non-hydrogen) atoms. The highest BCUT2D eigenvalue weighted by Crippen LogP contribution is 2.32. The van der Waals surface area contributed by atoms with Crippen LogP contribution in [0.4, 0.5) is 0 Å². The van der Waals surface area contributed by atoms with Gasteiger partial charge in [-0.2, -0.15) is 0 Å². The Bertz CT molecular complexity index is 427. The Labute approximate surface area is 116 Å². The number of hydrogen-bond acceptors (Lipinski definition) is 3. The quantitative estimate of drug-likeness (QED) is 0.858. The lowest BCUT2D eigenvalue weighted by atomic mass is 9.89. The molecule has 1 unspecified atom stereocenters. The van der Waals surface area contributed by atoms with Gasteiger partial charge in [0.15, 0.2) is 0 Å². The van der Waals surface area contributed by atoms with Gasteiger partial charge in [0.25, 0.3) is 0 Å². The number of ether oxygens (including phenoxy) is 1. The second-order valence-corrected chi connectivity index (χ2v) is 5.82. The van der Waals surface area contributed by atoms with Crippen LogP contribution in [0.1, 0.15) is 43.7 Å². The van der Waals surface area contributed by atoms with E-state index in [2.05, 4.69) is 25.2 Å². The van der Waals surface area contributed by atoms with Gasteiger partial charge < -0.3 is 15.2 Å². The average Bonchev–Trinajstić information content (AvgIpc) is 2.91. The van der Waals surface area contributed by atoms with Crippen molar-refractivity contribution in [3.63, 3.8) is 0 Å². The molecule has 3 nitrogen and oxygen atoms in total. The molecule has 1 aromatic carbocycles. The highest BCUT2D eigenvalue weighted by atomic mass is 16.5. The molecule has 106 valence electrons. The van der Waals surface area contributed by atoms with Crippen LogP contribution in [0.25, 0.3) is 0 Å². The van der Waals surface area contributed by atoms with Crippen molar-refractivity contribution in [2.24, 2.45) is 0 Å². The molecule has 0 saturated heterocycles. The minimum atomic E-state index is -0.438. The molecule has 0 radical (unpaired) electrons. The number of aryl methyl sites for hydroxylation is 1. The Morgan fingerprint density at radius 2 is 2.05 bits per heavy atom. The van der Waals surface area contributed by atoms with Crippen LogP contribution in [-0.2, 0) is 5.54 Å². The summed E-state index contributed by atoms with van der Waals surface area (Å²) in [4.78, 5) is 0. The van der Waals surface area contributed by atoms with Gasteiger partial charge in [-0.1, -0.05) is 30.5 Å². The van der Waals surface area contributed by atoms with E-state index in [-0.39, 0.29) is 6.61 Å². The first-order valence-electron chi connectivity index (χ1n) is 7.13. The third-order valence-corrected chi connectivity index (χ3v) is 4.14. The maximum atomic E-state index is 9.89. The van der Waals surface area contributed by atoms with Gasteiger partial charge in [-0.3, -0.25) is 0 Å². The summed E-state index contributed by atoms with van der Waals surface area (Å²) in [6, 6.07) is 6.63. The fourth-order valence-corrected chi connectivity index (χ4v) is 2.98. The van der Waals surface area contributed by atoms with E-state index >= 15 is 0 Å². The lowest BCUT2D eigenvalue weighted by molar-refractivity contribution is 0.158. The summed E-state index contributed by atoms with van der Waals surface area (Å²) in [5.41, 5.74) is 1.79. The van der Waals surface area contributed by atoms with E-state index in [4.69, 9.17) is 4.74 Å². The second-order valence-electron chi connectivity index (χ2n) is 5.82. The predicted molar refractivity (Wildman–Crippen MR) is 77.6 cm³/mol. The zero-order chi connectivity index (χ0) is 13.9. The molecule has 3 heteroatoms. The Kier molecular flexibility index (Phi) is 4.48. The molecule has 0 bridgehead atoms. The molecular weight excluding hydrogens is 238 g/mol. The molecule has 0 aliphatic heterocycles. The molecule has 0 heterocycles. The Balaban J connectivity index is 2.30. The van der Waals surface area contributed by atoms with E-state index in [9.17, 15) is 5.11 Å². The van der Waals surface area contributed by atoms with E-state index in [0.29, 0.717) is 6.04 Å². The van der Waals surface area contributed by atoms with Crippen LogP contribution in [0.5, 0.6) is 5.75 Å². The molecule has 1 aromatic rings. The first kappa shape index (κ1) is 14.4. The Hall–Kier alpha value is -1.06. The van der Waals surface area contributed by atoms with Crippen molar-refractivity contribution >= 4 is 0 Å². The predicted octanol–water partition coefficient (Wildman–Crippen LogP) is 2.74. The summed E-state index contributed by atoms with van der Waals surface area (Å²) in [7, 11) is 1.68. The van der Waals surface area contributed by atoms with Crippen molar-refractivity contribution in [2.75, 3.05) is 13.7 Å². The van der Waals surface area contributed by atoms with Crippen molar-refractivity contribution in [3.05, 3.63) is 29.3 Å². The number of nitrogens with one attached hydrogen (secondary N) is 1. The molecule has 2 N–H and O–H groups in total. The topological polar surface area (TPSA) is 41.5 Å². The van der Waals surface area contributed by atoms with Crippen molar-refractivity contribution in [1.29, 1.82) is 0 Å². The number of methoxy groups -OCH3 is 1. The van der Waals surface area contributed by atoms with Crippen molar-refractivity contribution in [3.8, 4) is 5.75 Å². The molecule has 1 fully saturated rings. The maximum Gasteiger partial charge on any atom is 0.124 e. The van der Waals surface area contributed by atoms with E-state index in [0.717, 1.165) is 11.3 Å². The fourth-order valence-electron chi connectivity index (χ4n) is 2.98. The van der Waals surface area contributed by atoms with Crippen molar-refractivity contribution in [1.82, 2.24) is 5.32 Å². The van der Waals surface area contributed by atoms with Crippen LogP contribution in [0.15, 0.2) is 18.2 Å². The van der Waals surface area contributed by atoms with Gasteiger partial charge in [0, 0.05) is 11.6 Å². The molecule has 1 aliphatic rings. The van der Waals surface area contributed by atoms with Crippen molar-refractivity contribution < 1.29 is 9.84 Å². The van der Waals surface area contributed by atoms with Crippen LogP contribution in [0.2, 0.25) is 0 Å². The lowest BCUT2D eigenvalue weighted by Gasteiger charge is -2.34. The number of benzene rings is 1. The maximum absolute atomic E-state index is 9.89. The van der Waals surface area contributed by atoms with E-state index in [1.165, 1.54) is 31.2 Å². The van der Waals surface area contributed by atoms with Crippen LogP contribution in [-0.4, -0.2) is 24.9 Å². The number of hydrogen-bond donors (Lipinski definition) is 2. The van der Waals surface area contributed by atoms with Crippen LogP contribution in [0, 0.1) is 6.92 Å². The van der Waals surface area contributed by atoms with Gasteiger partial charge in [0.05, 0.1) is 19.3 Å². The Morgan fingerprint density at radius 3 is 2.63 bits per heavy atom. The van der Waals surface area contributed by atoms with Crippen LogP contribution in [0.3, 0.4) is 0 Å². The SMILES string of the molecule is COc1ccc(C)cc1C(C)(CO)NC1CCCC1. The number of aliphatic hydroxyl groups excluding tert-OH is 1. The zero-order valence-electron chi connectivity index (χ0n) is 12.2. The second kappa shape index (κ2) is 5.93. The van der Waals surface area contributed by atoms with Gasteiger partial charge in [0.2, 0.25) is 0 Å². The van der Waals surface area contributed by atoms with Gasteiger partial charge in [-0.05, 0) is 32.8 Å². The lowest BCUT2D eigenvalue weighted by Crippen LogP contribution is -2.47. The van der Waals surface area contributed by atoms with Gasteiger partial charge in [-0.15, -0.1) is 0 Å². The minimum absolute atomic E-state index is 0.0727. The average molecular weight is 263 g/mol. The number of rotatable bonds is 5. The molecule has 0 spiro atoms. The summed E-state index contributed by atoms with van der Waals surface area (Å²) in [5.74, 6) is 0.840. The standard InChI is InChI=1S/C16H25NO2/c1-12-8-9-15(19-3)14(10-12)16(2,11-18)17-13-6-4-5-7-13/h8-10,13,17-18H,4-7,11H2,1-3H3. The first-order valence-corrected chi connectivity index (χ1v) is 7.13. The smallest absolute Gasteiger partial charge is 0.124 e. The minimum Gasteiger partial charge on any atom is -0.496 e. The molecule has 2 rings (SSSR count). The van der Waals surface area contributed by atoms with Gasteiger partial charge in [-0.25, -0.2) is 0 Å². The third kappa shape index (κ3) is 3.10. The number of aliphatic hydroxyl groups is 1. The summed E-state index contributed by atoms with van der Waals surface area (Å²) in [6.07, 6.45) is 4.96. The highest BCUT2D eigenvalue weighted by Gasteiger charge is 2.32. The zero-order valence-corrected chi connectivity index (χ0v) is 12.2. The van der Waals surface area contributed by atoms with Crippen molar-refractivity contribution in [2.45, 2.75) is 51.1 Å². The molecule has 1 saturated carbocycles. The molecule has 0 aromatic heterocycles. The summed E-state index contributed by atoms with van der Waals surface area (Å²) in [5, 5.41) is 13.5. The van der Waals surface area contributed by atoms with Crippen LogP contribution < -0.4 is 10.1 Å². The third-order valence-electron chi connectivity index (χ3n) is 4.14. The molecular formula is C16H25NO2. The summed E-state index contributed by atoms with van der Waals surface area (Å²) < 4.78 is 5.46. The molecule has 1 atom stereocenters. The Morgan fingerprint density at radius 1 is 1.37 bits per heavy atom. The van der Waals surface area contributed by atoms with Gasteiger partial charge in [0.1, 0.15) is 5.75 Å².